The van der Waals surface area contributed by atoms with E-state index in [1.54, 1.807) is 22.6 Å². The van der Waals surface area contributed by atoms with Crippen molar-refractivity contribution >= 4 is 28.9 Å². The zero-order valence-electron chi connectivity index (χ0n) is 6.10. The van der Waals surface area contributed by atoms with Gasteiger partial charge in [0.05, 0.1) is 5.56 Å². The molecule has 0 spiro atoms. The number of carbonyl (C=O) groups excluding carboxylic acids is 1. The molecule has 0 fully saturated rings. The maximum Gasteiger partial charge on any atom is 0.268 e. The lowest BCUT2D eigenvalue weighted by molar-refractivity contribution is 0.109. The Morgan fingerprint density at radius 1 is 1.54 bits per heavy atom. The molecule has 2 nitrogen and oxygen atoms in total. The number of hydrogen-bond acceptors (Lipinski definition) is 2. The van der Waals surface area contributed by atoms with E-state index in [2.05, 4.69) is 4.98 Å². The molecule has 1 heterocycles. The van der Waals surface area contributed by atoms with Crippen molar-refractivity contribution in [3.63, 3.8) is 0 Å². The maximum atomic E-state index is 12.9. The van der Waals surface area contributed by atoms with E-state index in [9.17, 15) is 18.0 Å². The average molecular weight is 301 g/mol. The minimum absolute atomic E-state index is 0.118. The predicted molar refractivity (Wildman–Crippen MR) is 47.3 cm³/mol. The molecule has 0 aliphatic carbocycles. The second kappa shape index (κ2) is 4.03. The number of rotatable bonds is 2. The first-order chi connectivity index (χ1) is 6.06. The molecule has 1 aromatic heterocycles. The molecule has 0 aliphatic heterocycles. The Bertz CT molecular complexity index is 343. The van der Waals surface area contributed by atoms with E-state index in [-0.39, 0.29) is 9.99 Å². The molecule has 0 saturated carbocycles. The zero-order chi connectivity index (χ0) is 10.0. The van der Waals surface area contributed by atoms with Gasteiger partial charge in [-0.15, -0.1) is 0 Å². The SMILES string of the molecule is O=Cc1nc(I)cc(F)c1C(F)F. The molecule has 13 heavy (non-hydrogen) atoms. The summed E-state index contributed by atoms with van der Waals surface area (Å²) >= 11 is 1.64. The second-order valence-electron chi connectivity index (χ2n) is 2.14. The Morgan fingerprint density at radius 2 is 2.15 bits per heavy atom. The lowest BCUT2D eigenvalue weighted by atomic mass is 10.2. The number of aldehydes is 1. The number of alkyl halides is 2. The molecule has 1 rings (SSSR count). The molecule has 70 valence electrons. The van der Waals surface area contributed by atoms with Gasteiger partial charge in [-0.2, -0.15) is 0 Å². The first kappa shape index (κ1) is 10.4. The molecule has 6 heteroatoms. The van der Waals surface area contributed by atoms with Crippen LogP contribution in [0.3, 0.4) is 0 Å². The smallest absolute Gasteiger partial charge is 0.268 e. The van der Waals surface area contributed by atoms with Crippen LogP contribution in [-0.4, -0.2) is 11.3 Å². The summed E-state index contributed by atoms with van der Waals surface area (Å²) in [6, 6.07) is 0.856. The maximum absolute atomic E-state index is 12.9. The van der Waals surface area contributed by atoms with Crippen LogP contribution in [0.5, 0.6) is 0 Å². The van der Waals surface area contributed by atoms with Crippen LogP contribution in [0.25, 0.3) is 0 Å². The molecular weight excluding hydrogens is 298 g/mol. The van der Waals surface area contributed by atoms with Crippen LogP contribution < -0.4 is 0 Å². The molecule has 0 bridgehead atoms. The first-order valence-corrected chi connectivity index (χ1v) is 4.23. The Kier molecular flexibility index (Phi) is 3.23. The summed E-state index contributed by atoms with van der Waals surface area (Å²) in [5.41, 5.74) is -1.48. The van der Waals surface area contributed by atoms with Gasteiger partial charge in [0.1, 0.15) is 15.2 Å². The molecule has 0 aliphatic rings. The van der Waals surface area contributed by atoms with Gasteiger partial charge >= 0.3 is 0 Å². The standard InChI is InChI=1S/C7H3F3INO/c8-3-1-5(11)12-4(2-13)6(3)7(9)10/h1-2,7H. The molecule has 0 atom stereocenters. The minimum Gasteiger partial charge on any atom is -0.296 e. The van der Waals surface area contributed by atoms with Gasteiger partial charge in [0, 0.05) is 6.07 Å². The highest BCUT2D eigenvalue weighted by Gasteiger charge is 2.19. The number of nitrogens with zero attached hydrogens (tertiary/aromatic N) is 1. The predicted octanol–water partition coefficient (Wildman–Crippen LogP) is 2.58. The first-order valence-electron chi connectivity index (χ1n) is 3.15. The Balaban J connectivity index is 3.38. The summed E-state index contributed by atoms with van der Waals surface area (Å²) in [4.78, 5) is 13.7. The van der Waals surface area contributed by atoms with Crippen molar-refractivity contribution in [3.8, 4) is 0 Å². The lowest BCUT2D eigenvalue weighted by Crippen LogP contribution is -2.02. The van der Waals surface area contributed by atoms with Crippen molar-refractivity contribution in [3.05, 3.63) is 26.8 Å². The van der Waals surface area contributed by atoms with Gasteiger partial charge in [-0.25, -0.2) is 18.2 Å². The molecule has 0 saturated heterocycles. The number of aromatic nitrogens is 1. The molecule has 0 unspecified atom stereocenters. The molecule has 1 aromatic rings. The topological polar surface area (TPSA) is 30.0 Å². The molecule has 0 radical (unpaired) electrons. The van der Waals surface area contributed by atoms with E-state index in [1.807, 2.05) is 0 Å². The fraction of sp³-hybridized carbons (Fsp3) is 0.143. The number of hydrogen-bond donors (Lipinski definition) is 0. The Labute approximate surface area is 85.3 Å². The van der Waals surface area contributed by atoms with Crippen LogP contribution in [0, 0.1) is 9.52 Å². The highest BCUT2D eigenvalue weighted by Crippen LogP contribution is 2.24. The van der Waals surface area contributed by atoms with Gasteiger partial charge in [-0.1, -0.05) is 0 Å². The van der Waals surface area contributed by atoms with Crippen LogP contribution in [0.4, 0.5) is 13.2 Å². The van der Waals surface area contributed by atoms with Gasteiger partial charge in [-0.05, 0) is 22.6 Å². The molecule has 0 aromatic carbocycles. The minimum atomic E-state index is -3.02. The molecule has 0 amide bonds. The third-order valence-corrected chi connectivity index (χ3v) is 1.89. The van der Waals surface area contributed by atoms with Crippen molar-refractivity contribution in [2.24, 2.45) is 0 Å². The van der Waals surface area contributed by atoms with E-state index in [1.165, 1.54) is 0 Å². The van der Waals surface area contributed by atoms with Gasteiger partial charge in [0.25, 0.3) is 6.43 Å². The second-order valence-corrected chi connectivity index (χ2v) is 3.25. The van der Waals surface area contributed by atoms with E-state index in [0.29, 0.717) is 0 Å². The van der Waals surface area contributed by atoms with Crippen molar-refractivity contribution in [2.45, 2.75) is 6.43 Å². The number of carbonyl (C=O) groups is 1. The molecular formula is C7H3F3INO. The van der Waals surface area contributed by atoms with Crippen LogP contribution in [-0.2, 0) is 0 Å². The van der Waals surface area contributed by atoms with E-state index in [4.69, 9.17) is 0 Å². The normalized spacial score (nSPS) is 10.5. The van der Waals surface area contributed by atoms with Crippen LogP contribution in [0.15, 0.2) is 6.07 Å². The summed E-state index contributed by atoms with van der Waals surface area (Å²) in [6.07, 6.45) is -2.91. The van der Waals surface area contributed by atoms with Gasteiger partial charge in [0.15, 0.2) is 6.29 Å². The largest absolute Gasteiger partial charge is 0.296 e. The summed E-state index contributed by atoms with van der Waals surface area (Å²) in [6.45, 7) is 0. The van der Waals surface area contributed by atoms with Crippen LogP contribution in [0.1, 0.15) is 22.5 Å². The summed E-state index contributed by atoms with van der Waals surface area (Å²) in [5, 5.41) is 0. The third-order valence-electron chi connectivity index (χ3n) is 1.34. The Morgan fingerprint density at radius 3 is 2.62 bits per heavy atom. The summed E-state index contributed by atoms with van der Waals surface area (Å²) < 4.78 is 37.4. The van der Waals surface area contributed by atoms with Gasteiger partial charge in [-0.3, -0.25) is 4.79 Å². The third kappa shape index (κ3) is 2.17. The monoisotopic (exact) mass is 301 g/mol. The quantitative estimate of drug-likeness (QED) is 0.477. The van der Waals surface area contributed by atoms with E-state index < -0.39 is 23.5 Å². The van der Waals surface area contributed by atoms with Gasteiger partial charge in [0.2, 0.25) is 0 Å². The summed E-state index contributed by atoms with van der Waals surface area (Å²) in [7, 11) is 0. The van der Waals surface area contributed by atoms with E-state index in [0.717, 1.165) is 6.07 Å². The number of halogens is 4. The van der Waals surface area contributed by atoms with Crippen molar-refractivity contribution in [1.82, 2.24) is 4.98 Å². The van der Waals surface area contributed by atoms with Gasteiger partial charge < -0.3 is 0 Å². The zero-order valence-corrected chi connectivity index (χ0v) is 8.26. The highest BCUT2D eigenvalue weighted by atomic mass is 127. The van der Waals surface area contributed by atoms with Crippen molar-refractivity contribution in [1.29, 1.82) is 0 Å². The van der Waals surface area contributed by atoms with Crippen LogP contribution >= 0.6 is 22.6 Å². The Hall–Kier alpha value is -0.660. The van der Waals surface area contributed by atoms with Crippen LogP contribution in [0.2, 0.25) is 0 Å². The number of pyridine rings is 1. The summed E-state index contributed by atoms with van der Waals surface area (Å²) in [5.74, 6) is -1.10. The highest BCUT2D eigenvalue weighted by molar-refractivity contribution is 14.1. The fourth-order valence-electron chi connectivity index (χ4n) is 0.818. The molecule has 0 N–H and O–H groups in total. The van der Waals surface area contributed by atoms with E-state index >= 15 is 0 Å². The fourth-order valence-corrected chi connectivity index (χ4v) is 1.35. The van der Waals surface area contributed by atoms with Crippen molar-refractivity contribution in [2.75, 3.05) is 0 Å². The van der Waals surface area contributed by atoms with Crippen molar-refractivity contribution < 1.29 is 18.0 Å². The average Bonchev–Trinajstić information content (AvgIpc) is 2.01. The lowest BCUT2D eigenvalue weighted by Gasteiger charge is -2.04.